The number of benzene rings is 2. The SMILES string of the molecule is Cc1cc(F)c(C(C)C)c(OCc2cc(O)c(C(C)C)c(F)c2F)c1. The average Bonchev–Trinajstić information content (AvgIpc) is 2.48. The zero-order valence-electron chi connectivity index (χ0n) is 15.1. The molecule has 0 heterocycles. The Morgan fingerprint density at radius 3 is 2.08 bits per heavy atom. The molecule has 0 saturated heterocycles. The van der Waals surface area contributed by atoms with E-state index in [1.807, 2.05) is 13.8 Å². The smallest absolute Gasteiger partial charge is 0.166 e. The number of aromatic hydroxyl groups is 1. The predicted octanol–water partition coefficient (Wildman–Crippen LogP) is 5.94. The van der Waals surface area contributed by atoms with Gasteiger partial charge in [0.1, 0.15) is 23.9 Å². The number of ether oxygens (including phenoxy) is 1. The van der Waals surface area contributed by atoms with Gasteiger partial charge in [-0.05, 0) is 42.5 Å². The number of rotatable bonds is 5. The zero-order chi connectivity index (χ0) is 18.9. The number of hydrogen-bond acceptors (Lipinski definition) is 2. The first-order valence-corrected chi connectivity index (χ1v) is 8.26. The molecule has 0 amide bonds. The van der Waals surface area contributed by atoms with Crippen LogP contribution in [0.5, 0.6) is 11.5 Å². The van der Waals surface area contributed by atoms with E-state index in [4.69, 9.17) is 4.74 Å². The fourth-order valence-electron chi connectivity index (χ4n) is 2.89. The highest BCUT2D eigenvalue weighted by Crippen LogP contribution is 2.34. The van der Waals surface area contributed by atoms with Crippen LogP contribution in [0.15, 0.2) is 18.2 Å². The molecule has 5 heteroatoms. The van der Waals surface area contributed by atoms with Crippen molar-refractivity contribution in [3.63, 3.8) is 0 Å². The summed E-state index contributed by atoms with van der Waals surface area (Å²) in [6, 6.07) is 4.23. The fourth-order valence-corrected chi connectivity index (χ4v) is 2.89. The lowest BCUT2D eigenvalue weighted by atomic mass is 9.98. The van der Waals surface area contributed by atoms with Crippen molar-refractivity contribution in [2.24, 2.45) is 0 Å². The van der Waals surface area contributed by atoms with Gasteiger partial charge in [0.15, 0.2) is 11.6 Å². The molecule has 2 rings (SSSR count). The zero-order valence-corrected chi connectivity index (χ0v) is 15.1. The predicted molar refractivity (Wildman–Crippen MR) is 91.7 cm³/mol. The molecule has 1 N–H and O–H groups in total. The largest absolute Gasteiger partial charge is 0.508 e. The standard InChI is InChI=1S/C20H23F3O2/c1-10(2)17-14(21)6-12(5)7-16(17)25-9-13-8-15(24)18(11(3)4)20(23)19(13)22/h6-8,10-11,24H,9H2,1-5H3. The van der Waals surface area contributed by atoms with E-state index in [2.05, 4.69) is 0 Å². The van der Waals surface area contributed by atoms with E-state index in [9.17, 15) is 18.3 Å². The van der Waals surface area contributed by atoms with E-state index in [1.54, 1.807) is 26.8 Å². The van der Waals surface area contributed by atoms with Crippen molar-refractivity contribution in [1.29, 1.82) is 0 Å². The lowest BCUT2D eigenvalue weighted by Gasteiger charge is -2.17. The molecular weight excluding hydrogens is 329 g/mol. The summed E-state index contributed by atoms with van der Waals surface area (Å²) in [5.74, 6) is -3.04. The molecule has 0 bridgehead atoms. The van der Waals surface area contributed by atoms with Crippen LogP contribution in [0.1, 0.15) is 61.8 Å². The fraction of sp³-hybridized carbons (Fsp3) is 0.400. The molecule has 0 radical (unpaired) electrons. The van der Waals surface area contributed by atoms with E-state index in [0.717, 1.165) is 6.07 Å². The van der Waals surface area contributed by atoms with Crippen molar-refractivity contribution in [1.82, 2.24) is 0 Å². The first-order chi connectivity index (χ1) is 11.6. The van der Waals surface area contributed by atoms with Gasteiger partial charge in [-0.2, -0.15) is 0 Å². The Bertz CT molecular complexity index is 783. The van der Waals surface area contributed by atoms with Crippen LogP contribution in [-0.4, -0.2) is 5.11 Å². The minimum atomic E-state index is -1.08. The molecule has 0 unspecified atom stereocenters. The third-order valence-corrected chi connectivity index (χ3v) is 4.07. The lowest BCUT2D eigenvalue weighted by molar-refractivity contribution is 0.288. The molecular formula is C20H23F3O2. The second-order valence-electron chi connectivity index (χ2n) is 6.85. The number of phenols is 1. The van der Waals surface area contributed by atoms with Crippen LogP contribution < -0.4 is 4.74 Å². The quantitative estimate of drug-likeness (QED) is 0.721. The topological polar surface area (TPSA) is 29.5 Å². The van der Waals surface area contributed by atoms with Gasteiger partial charge >= 0.3 is 0 Å². The summed E-state index contributed by atoms with van der Waals surface area (Å²) in [6.07, 6.45) is 0. The summed E-state index contributed by atoms with van der Waals surface area (Å²) < 4.78 is 48.2. The number of aryl methyl sites for hydroxylation is 1. The van der Waals surface area contributed by atoms with Crippen molar-refractivity contribution in [3.8, 4) is 11.5 Å². The van der Waals surface area contributed by atoms with Gasteiger partial charge in [-0.25, -0.2) is 13.2 Å². The van der Waals surface area contributed by atoms with E-state index in [-0.39, 0.29) is 35.3 Å². The maximum Gasteiger partial charge on any atom is 0.166 e. The Hall–Kier alpha value is -2.17. The maximum absolute atomic E-state index is 14.3. The average molecular weight is 352 g/mol. The molecule has 0 fully saturated rings. The Kier molecular flexibility index (Phi) is 5.65. The van der Waals surface area contributed by atoms with Crippen LogP contribution in [0.2, 0.25) is 0 Å². The highest BCUT2D eigenvalue weighted by atomic mass is 19.2. The second-order valence-corrected chi connectivity index (χ2v) is 6.85. The first-order valence-electron chi connectivity index (χ1n) is 8.26. The number of hydrogen-bond donors (Lipinski definition) is 1. The van der Waals surface area contributed by atoms with Crippen molar-refractivity contribution in [2.45, 2.75) is 53.1 Å². The molecule has 0 aromatic heterocycles. The third-order valence-electron chi connectivity index (χ3n) is 4.07. The molecule has 0 spiro atoms. The molecule has 0 aliphatic carbocycles. The van der Waals surface area contributed by atoms with Gasteiger partial charge in [-0.1, -0.05) is 27.7 Å². The normalized spacial score (nSPS) is 11.4. The molecule has 136 valence electrons. The summed E-state index contributed by atoms with van der Waals surface area (Å²) in [4.78, 5) is 0. The summed E-state index contributed by atoms with van der Waals surface area (Å²) in [6.45, 7) is 8.39. The highest BCUT2D eigenvalue weighted by molar-refractivity contribution is 5.42. The molecule has 0 aliphatic rings. The van der Waals surface area contributed by atoms with Crippen LogP contribution in [-0.2, 0) is 6.61 Å². The molecule has 0 atom stereocenters. The van der Waals surface area contributed by atoms with Gasteiger partial charge in [-0.3, -0.25) is 0 Å². The molecule has 2 aromatic rings. The second kappa shape index (κ2) is 7.38. The van der Waals surface area contributed by atoms with Gasteiger partial charge in [0, 0.05) is 16.7 Å². The van der Waals surface area contributed by atoms with Crippen LogP contribution in [0.3, 0.4) is 0 Å². The van der Waals surface area contributed by atoms with Crippen molar-refractivity contribution < 1.29 is 23.0 Å². The lowest BCUT2D eigenvalue weighted by Crippen LogP contribution is -2.07. The van der Waals surface area contributed by atoms with Gasteiger partial charge in [-0.15, -0.1) is 0 Å². The summed E-state index contributed by atoms with van der Waals surface area (Å²) in [5, 5.41) is 9.97. The third kappa shape index (κ3) is 3.91. The Labute approximate surface area is 146 Å². The van der Waals surface area contributed by atoms with E-state index >= 15 is 0 Å². The number of phenolic OH excluding ortho intramolecular Hbond substituents is 1. The van der Waals surface area contributed by atoms with Gasteiger partial charge in [0.25, 0.3) is 0 Å². The monoisotopic (exact) mass is 352 g/mol. The summed E-state index contributed by atoms with van der Waals surface area (Å²) >= 11 is 0. The molecule has 2 aromatic carbocycles. The summed E-state index contributed by atoms with van der Waals surface area (Å²) in [5.41, 5.74) is 0.873. The van der Waals surface area contributed by atoms with Crippen molar-refractivity contribution >= 4 is 0 Å². The molecule has 0 aliphatic heterocycles. The molecule has 2 nitrogen and oxygen atoms in total. The van der Waals surface area contributed by atoms with E-state index in [0.29, 0.717) is 16.9 Å². The Morgan fingerprint density at radius 2 is 1.52 bits per heavy atom. The van der Waals surface area contributed by atoms with Crippen LogP contribution in [0, 0.1) is 24.4 Å². The first kappa shape index (κ1) is 19.2. The maximum atomic E-state index is 14.3. The Morgan fingerprint density at radius 1 is 0.920 bits per heavy atom. The van der Waals surface area contributed by atoms with Crippen LogP contribution in [0.25, 0.3) is 0 Å². The minimum Gasteiger partial charge on any atom is -0.508 e. The van der Waals surface area contributed by atoms with Crippen molar-refractivity contribution in [2.75, 3.05) is 0 Å². The van der Waals surface area contributed by atoms with Crippen molar-refractivity contribution in [3.05, 3.63) is 57.9 Å². The molecule has 25 heavy (non-hydrogen) atoms. The summed E-state index contributed by atoms with van der Waals surface area (Å²) in [7, 11) is 0. The van der Waals surface area contributed by atoms with Crippen LogP contribution in [0.4, 0.5) is 13.2 Å². The Balaban J connectivity index is 2.37. The highest BCUT2D eigenvalue weighted by Gasteiger charge is 2.21. The van der Waals surface area contributed by atoms with E-state index < -0.39 is 17.5 Å². The number of halogens is 3. The van der Waals surface area contributed by atoms with Gasteiger partial charge in [0.05, 0.1) is 0 Å². The molecule has 0 saturated carbocycles. The van der Waals surface area contributed by atoms with Gasteiger partial charge < -0.3 is 9.84 Å². The minimum absolute atomic E-state index is 0.0641. The van der Waals surface area contributed by atoms with Crippen LogP contribution >= 0.6 is 0 Å². The van der Waals surface area contributed by atoms with E-state index in [1.165, 1.54) is 6.07 Å². The van der Waals surface area contributed by atoms with Gasteiger partial charge in [0.2, 0.25) is 0 Å².